The summed E-state index contributed by atoms with van der Waals surface area (Å²) < 4.78 is 0. The Hall–Kier alpha value is -2.21. The second-order valence-corrected chi connectivity index (χ2v) is 4.87. The predicted molar refractivity (Wildman–Crippen MR) is 75.5 cm³/mol. The molecule has 1 heterocycles. The van der Waals surface area contributed by atoms with E-state index in [0.29, 0.717) is 17.5 Å². The summed E-state index contributed by atoms with van der Waals surface area (Å²) in [5.41, 5.74) is 0.250. The molecule has 1 atom stereocenters. The molecule has 6 nitrogen and oxygen atoms in total. The predicted octanol–water partition coefficient (Wildman–Crippen LogP) is 1.27. The highest BCUT2D eigenvalue weighted by Gasteiger charge is 2.30. The van der Waals surface area contributed by atoms with Gasteiger partial charge < -0.3 is 10.1 Å². The molecule has 2 aromatic rings. The van der Waals surface area contributed by atoms with E-state index in [1.807, 2.05) is 12.1 Å². The molecule has 0 saturated heterocycles. The quantitative estimate of drug-likeness (QED) is 0.763. The van der Waals surface area contributed by atoms with Crippen LogP contribution in [0.5, 0.6) is 0 Å². The van der Waals surface area contributed by atoms with Crippen molar-refractivity contribution in [3.63, 3.8) is 0 Å². The van der Waals surface area contributed by atoms with E-state index in [1.54, 1.807) is 26.0 Å². The minimum atomic E-state index is -1.07. The molecule has 6 heteroatoms. The first-order chi connectivity index (χ1) is 9.46. The lowest BCUT2D eigenvalue weighted by Crippen LogP contribution is -2.49. The number of benzene rings is 1. The molecule has 0 amide bonds. The van der Waals surface area contributed by atoms with Crippen LogP contribution in [0.3, 0.4) is 0 Å². The molecular weight excluding hydrogens is 258 g/mol. The SMILES string of the molecule is CCC(C)(NCc1nc2ccccc2[nH]c1=O)C(=O)O. The number of rotatable bonds is 5. The Labute approximate surface area is 115 Å². The van der Waals surface area contributed by atoms with Gasteiger partial charge in [0.2, 0.25) is 0 Å². The number of aromatic nitrogens is 2. The van der Waals surface area contributed by atoms with Crippen molar-refractivity contribution >= 4 is 17.0 Å². The van der Waals surface area contributed by atoms with Crippen molar-refractivity contribution in [1.29, 1.82) is 0 Å². The maximum atomic E-state index is 11.9. The van der Waals surface area contributed by atoms with Crippen LogP contribution in [0, 0.1) is 0 Å². The first kappa shape index (κ1) is 14.2. The standard InChI is InChI=1S/C14H17N3O3/c1-3-14(2,13(19)20)15-8-11-12(18)17-10-7-5-4-6-9(10)16-11/h4-7,15H,3,8H2,1-2H3,(H,17,18)(H,19,20). The number of hydrogen-bond donors (Lipinski definition) is 3. The van der Waals surface area contributed by atoms with Gasteiger partial charge in [0.05, 0.1) is 11.0 Å². The minimum Gasteiger partial charge on any atom is -0.480 e. The first-order valence-electron chi connectivity index (χ1n) is 6.42. The summed E-state index contributed by atoms with van der Waals surface area (Å²) >= 11 is 0. The van der Waals surface area contributed by atoms with Gasteiger partial charge in [0.1, 0.15) is 11.2 Å². The van der Waals surface area contributed by atoms with Gasteiger partial charge in [0, 0.05) is 6.54 Å². The van der Waals surface area contributed by atoms with Gasteiger partial charge in [-0.3, -0.25) is 14.9 Å². The number of nitrogens with zero attached hydrogens (tertiary/aromatic N) is 1. The van der Waals surface area contributed by atoms with Crippen molar-refractivity contribution in [1.82, 2.24) is 15.3 Å². The molecule has 3 N–H and O–H groups in total. The van der Waals surface area contributed by atoms with Crippen LogP contribution in [0.2, 0.25) is 0 Å². The summed E-state index contributed by atoms with van der Waals surface area (Å²) in [5.74, 6) is -0.947. The molecular formula is C14H17N3O3. The summed E-state index contributed by atoms with van der Waals surface area (Å²) in [5, 5.41) is 12.1. The number of fused-ring (bicyclic) bond motifs is 1. The van der Waals surface area contributed by atoms with Gasteiger partial charge in [0.15, 0.2) is 0 Å². The zero-order valence-corrected chi connectivity index (χ0v) is 11.4. The summed E-state index contributed by atoms with van der Waals surface area (Å²) in [6.07, 6.45) is 0.411. The van der Waals surface area contributed by atoms with Gasteiger partial charge in [-0.1, -0.05) is 19.1 Å². The van der Waals surface area contributed by atoms with Crippen LogP contribution >= 0.6 is 0 Å². The number of carbonyl (C=O) groups is 1. The van der Waals surface area contributed by atoms with E-state index < -0.39 is 11.5 Å². The lowest BCUT2D eigenvalue weighted by atomic mass is 9.99. The molecule has 1 aromatic carbocycles. The number of nitrogens with one attached hydrogen (secondary N) is 2. The van der Waals surface area contributed by atoms with Crippen LogP contribution in [0.15, 0.2) is 29.1 Å². The van der Waals surface area contributed by atoms with E-state index in [9.17, 15) is 14.7 Å². The number of carboxylic acid groups (broad SMARTS) is 1. The highest BCUT2D eigenvalue weighted by Crippen LogP contribution is 2.11. The molecule has 2 rings (SSSR count). The van der Waals surface area contributed by atoms with Crippen molar-refractivity contribution in [2.75, 3.05) is 0 Å². The fraction of sp³-hybridized carbons (Fsp3) is 0.357. The number of para-hydroxylation sites is 2. The van der Waals surface area contributed by atoms with E-state index in [1.165, 1.54) is 0 Å². The zero-order chi connectivity index (χ0) is 14.8. The Bertz CT molecular complexity index is 695. The maximum absolute atomic E-state index is 11.9. The average Bonchev–Trinajstić information content (AvgIpc) is 2.44. The molecule has 0 fully saturated rings. The van der Waals surface area contributed by atoms with E-state index in [2.05, 4.69) is 15.3 Å². The summed E-state index contributed by atoms with van der Waals surface area (Å²) in [7, 11) is 0. The Morgan fingerprint density at radius 1 is 1.45 bits per heavy atom. The molecule has 0 aliphatic heterocycles. The molecule has 20 heavy (non-hydrogen) atoms. The van der Waals surface area contributed by atoms with Crippen LogP contribution in [-0.4, -0.2) is 26.6 Å². The Morgan fingerprint density at radius 2 is 2.15 bits per heavy atom. The van der Waals surface area contributed by atoms with Gasteiger partial charge in [-0.2, -0.15) is 0 Å². The minimum absolute atomic E-state index is 0.108. The van der Waals surface area contributed by atoms with Crippen molar-refractivity contribution in [3.8, 4) is 0 Å². The lowest BCUT2D eigenvalue weighted by molar-refractivity contribution is -0.144. The van der Waals surface area contributed by atoms with Crippen LogP contribution in [0.25, 0.3) is 11.0 Å². The highest BCUT2D eigenvalue weighted by atomic mass is 16.4. The van der Waals surface area contributed by atoms with Crippen LogP contribution < -0.4 is 10.9 Å². The van der Waals surface area contributed by atoms with Gasteiger partial charge in [-0.15, -0.1) is 0 Å². The Balaban J connectivity index is 2.28. The lowest BCUT2D eigenvalue weighted by Gasteiger charge is -2.24. The molecule has 0 radical (unpaired) electrons. The molecule has 0 aliphatic rings. The second kappa shape index (κ2) is 5.42. The van der Waals surface area contributed by atoms with Crippen LogP contribution in [-0.2, 0) is 11.3 Å². The first-order valence-corrected chi connectivity index (χ1v) is 6.42. The fourth-order valence-corrected chi connectivity index (χ4v) is 1.82. The Morgan fingerprint density at radius 3 is 2.80 bits per heavy atom. The second-order valence-electron chi connectivity index (χ2n) is 4.87. The third kappa shape index (κ3) is 2.70. The number of H-pyrrole nitrogens is 1. The summed E-state index contributed by atoms with van der Waals surface area (Å²) in [4.78, 5) is 30.1. The van der Waals surface area contributed by atoms with Gasteiger partial charge in [0.25, 0.3) is 5.56 Å². The molecule has 1 aromatic heterocycles. The number of aromatic amines is 1. The molecule has 0 spiro atoms. The molecule has 0 bridgehead atoms. The smallest absolute Gasteiger partial charge is 0.323 e. The monoisotopic (exact) mass is 275 g/mol. The van der Waals surface area contributed by atoms with Gasteiger partial charge in [-0.25, -0.2) is 4.98 Å². The molecule has 0 aliphatic carbocycles. The average molecular weight is 275 g/mol. The van der Waals surface area contributed by atoms with Crippen molar-refractivity contribution < 1.29 is 9.90 Å². The third-order valence-corrected chi connectivity index (χ3v) is 3.49. The summed E-state index contributed by atoms with van der Waals surface area (Å²) in [6, 6.07) is 7.22. The number of aliphatic carboxylic acids is 1. The van der Waals surface area contributed by atoms with E-state index >= 15 is 0 Å². The highest BCUT2D eigenvalue weighted by molar-refractivity contribution is 5.78. The summed E-state index contributed by atoms with van der Waals surface area (Å²) in [6.45, 7) is 3.47. The molecule has 0 saturated carbocycles. The molecule has 1 unspecified atom stereocenters. The van der Waals surface area contributed by atoms with Crippen molar-refractivity contribution in [3.05, 3.63) is 40.3 Å². The van der Waals surface area contributed by atoms with Crippen LogP contribution in [0.1, 0.15) is 26.0 Å². The number of hydrogen-bond acceptors (Lipinski definition) is 4. The number of carboxylic acids is 1. The third-order valence-electron chi connectivity index (χ3n) is 3.49. The topological polar surface area (TPSA) is 95.1 Å². The van der Waals surface area contributed by atoms with Crippen LogP contribution in [0.4, 0.5) is 0 Å². The molecule has 106 valence electrons. The van der Waals surface area contributed by atoms with E-state index in [0.717, 1.165) is 0 Å². The van der Waals surface area contributed by atoms with E-state index in [4.69, 9.17) is 0 Å². The normalized spacial score (nSPS) is 14.1. The Kier molecular flexibility index (Phi) is 3.85. The fourth-order valence-electron chi connectivity index (χ4n) is 1.82. The largest absolute Gasteiger partial charge is 0.480 e. The van der Waals surface area contributed by atoms with Gasteiger partial charge >= 0.3 is 5.97 Å². The van der Waals surface area contributed by atoms with Crippen molar-refractivity contribution in [2.45, 2.75) is 32.4 Å². The van der Waals surface area contributed by atoms with Crippen molar-refractivity contribution in [2.24, 2.45) is 0 Å². The van der Waals surface area contributed by atoms with Gasteiger partial charge in [-0.05, 0) is 25.5 Å². The zero-order valence-electron chi connectivity index (χ0n) is 11.4. The maximum Gasteiger partial charge on any atom is 0.323 e. The van der Waals surface area contributed by atoms with E-state index in [-0.39, 0.29) is 17.8 Å².